The fourth-order valence-corrected chi connectivity index (χ4v) is 2.99. The summed E-state index contributed by atoms with van der Waals surface area (Å²) in [7, 11) is 3.83. The summed E-state index contributed by atoms with van der Waals surface area (Å²) in [5, 5.41) is 5.75. The van der Waals surface area contributed by atoms with Gasteiger partial charge in [0.1, 0.15) is 5.82 Å². The number of rotatable bonds is 3. The smallest absolute Gasteiger partial charge is 0.321 e. The molecule has 1 aromatic heterocycles. The van der Waals surface area contributed by atoms with E-state index in [2.05, 4.69) is 20.6 Å². The molecule has 0 spiro atoms. The summed E-state index contributed by atoms with van der Waals surface area (Å²) in [5.41, 5.74) is 0.834. The van der Waals surface area contributed by atoms with Crippen molar-refractivity contribution in [1.82, 2.24) is 15.3 Å². The van der Waals surface area contributed by atoms with E-state index in [-0.39, 0.29) is 6.03 Å². The minimum Gasteiger partial charge on any atom is -0.363 e. The molecule has 6 nitrogen and oxygen atoms in total. The summed E-state index contributed by atoms with van der Waals surface area (Å²) in [6, 6.07) is 2.00. The van der Waals surface area contributed by atoms with E-state index in [0.29, 0.717) is 12.0 Å². The molecule has 0 radical (unpaired) electrons. The minimum atomic E-state index is -0.202. The molecule has 1 aromatic rings. The van der Waals surface area contributed by atoms with Crippen LogP contribution in [0, 0.1) is 18.8 Å². The van der Waals surface area contributed by atoms with Crippen LogP contribution in [0.5, 0.6) is 0 Å². The predicted octanol–water partition coefficient (Wildman–Crippen LogP) is 1.77. The Labute approximate surface area is 119 Å². The Hall–Kier alpha value is -1.85. The van der Waals surface area contributed by atoms with Crippen LogP contribution >= 0.6 is 0 Å². The fourth-order valence-electron chi connectivity index (χ4n) is 2.99. The number of urea groups is 1. The summed E-state index contributed by atoms with van der Waals surface area (Å²) in [6.07, 6.45) is 3.60. The van der Waals surface area contributed by atoms with Crippen LogP contribution in [-0.4, -0.2) is 36.1 Å². The van der Waals surface area contributed by atoms with E-state index in [1.54, 1.807) is 0 Å². The first-order chi connectivity index (χ1) is 9.51. The Balaban J connectivity index is 1.60. The Morgan fingerprint density at radius 1 is 1.25 bits per heavy atom. The number of aryl methyl sites for hydroxylation is 1. The molecule has 108 valence electrons. The molecule has 0 aliphatic heterocycles. The van der Waals surface area contributed by atoms with Crippen molar-refractivity contribution in [2.45, 2.75) is 32.2 Å². The van der Waals surface area contributed by atoms with Crippen LogP contribution in [0.1, 0.15) is 25.0 Å². The zero-order valence-corrected chi connectivity index (χ0v) is 12.2. The summed E-state index contributed by atoms with van der Waals surface area (Å²) in [5.74, 6) is 2.86. The van der Waals surface area contributed by atoms with Crippen LogP contribution in [0.3, 0.4) is 0 Å². The van der Waals surface area contributed by atoms with Crippen molar-refractivity contribution in [1.29, 1.82) is 0 Å². The molecule has 0 aromatic carbocycles. The van der Waals surface area contributed by atoms with Crippen LogP contribution in [0.2, 0.25) is 0 Å². The molecule has 20 heavy (non-hydrogen) atoms. The third-order valence-corrected chi connectivity index (χ3v) is 4.10. The van der Waals surface area contributed by atoms with Crippen molar-refractivity contribution in [2.24, 2.45) is 11.8 Å². The van der Waals surface area contributed by atoms with Crippen molar-refractivity contribution in [3.63, 3.8) is 0 Å². The van der Waals surface area contributed by atoms with Gasteiger partial charge >= 0.3 is 6.03 Å². The molecule has 2 unspecified atom stereocenters. The second-order valence-electron chi connectivity index (χ2n) is 6.11. The van der Waals surface area contributed by atoms with Gasteiger partial charge in [-0.3, -0.25) is 5.32 Å². The lowest BCUT2D eigenvalue weighted by Gasteiger charge is -2.16. The first-order valence-electron chi connectivity index (χ1n) is 7.12. The number of amides is 2. The monoisotopic (exact) mass is 275 g/mol. The van der Waals surface area contributed by atoms with Gasteiger partial charge in [-0.05, 0) is 38.0 Å². The molecule has 2 N–H and O–H groups in total. The van der Waals surface area contributed by atoms with Gasteiger partial charge in [0.05, 0.1) is 0 Å². The number of hydrogen-bond donors (Lipinski definition) is 2. The number of carbonyl (C=O) groups is 1. The lowest BCUT2D eigenvalue weighted by Crippen LogP contribution is -2.37. The van der Waals surface area contributed by atoms with Crippen LogP contribution in [-0.2, 0) is 0 Å². The van der Waals surface area contributed by atoms with E-state index in [0.717, 1.165) is 36.2 Å². The molecule has 3 rings (SSSR count). The highest BCUT2D eigenvalue weighted by Crippen LogP contribution is 2.51. The second kappa shape index (κ2) is 4.92. The van der Waals surface area contributed by atoms with Gasteiger partial charge in [-0.25, -0.2) is 9.78 Å². The Kier molecular flexibility index (Phi) is 3.23. The lowest BCUT2D eigenvalue weighted by atomic mass is 10.2. The first-order valence-corrected chi connectivity index (χ1v) is 7.12. The maximum atomic E-state index is 12.0. The number of anilines is 2. The van der Waals surface area contributed by atoms with Crippen LogP contribution < -0.4 is 15.5 Å². The van der Waals surface area contributed by atoms with Crippen molar-refractivity contribution in [3.8, 4) is 0 Å². The number of nitrogens with zero attached hydrogens (tertiary/aromatic N) is 3. The van der Waals surface area contributed by atoms with Gasteiger partial charge in [-0.2, -0.15) is 4.98 Å². The number of aromatic nitrogens is 2. The molecule has 2 saturated carbocycles. The summed E-state index contributed by atoms with van der Waals surface area (Å²) >= 11 is 0. The molecule has 2 aliphatic carbocycles. The first kappa shape index (κ1) is 13.1. The van der Waals surface area contributed by atoms with E-state index in [1.807, 2.05) is 32.0 Å². The van der Waals surface area contributed by atoms with Gasteiger partial charge in [0.15, 0.2) is 0 Å². The highest BCUT2D eigenvalue weighted by molar-refractivity contribution is 5.87. The predicted molar refractivity (Wildman–Crippen MR) is 77.9 cm³/mol. The fraction of sp³-hybridized carbons (Fsp3) is 0.643. The number of fused-ring (bicyclic) bond motifs is 1. The van der Waals surface area contributed by atoms with Crippen molar-refractivity contribution in [2.75, 3.05) is 24.3 Å². The lowest BCUT2D eigenvalue weighted by molar-refractivity contribution is 0.247. The number of nitrogens with one attached hydrogen (secondary N) is 2. The molecule has 2 amide bonds. The molecule has 2 aliphatic rings. The number of hydrogen-bond acceptors (Lipinski definition) is 4. The van der Waals surface area contributed by atoms with Gasteiger partial charge < -0.3 is 10.2 Å². The molecular weight excluding hydrogens is 254 g/mol. The maximum Gasteiger partial charge on any atom is 0.321 e. The molecule has 6 heteroatoms. The van der Waals surface area contributed by atoms with E-state index >= 15 is 0 Å². The molecule has 1 heterocycles. The van der Waals surface area contributed by atoms with Crippen molar-refractivity contribution >= 4 is 17.8 Å². The summed E-state index contributed by atoms with van der Waals surface area (Å²) in [6.45, 7) is 1.89. The van der Waals surface area contributed by atoms with Gasteiger partial charge in [0.25, 0.3) is 0 Å². The standard InChI is InChI=1S/C14H21N5O/c1-8-4-12(19(2)3)17-13(15-8)18-14(20)16-11-6-9-5-10(9)7-11/h4,9-11H,5-7H2,1-3H3,(H2,15,16,17,18,20). The van der Waals surface area contributed by atoms with Crippen molar-refractivity contribution in [3.05, 3.63) is 11.8 Å². The molecule has 0 bridgehead atoms. The third-order valence-electron chi connectivity index (χ3n) is 4.10. The zero-order chi connectivity index (χ0) is 14.3. The van der Waals surface area contributed by atoms with Crippen LogP contribution in [0.25, 0.3) is 0 Å². The normalized spacial score (nSPS) is 26.9. The van der Waals surface area contributed by atoms with Crippen molar-refractivity contribution < 1.29 is 4.79 Å². The SMILES string of the molecule is Cc1cc(N(C)C)nc(NC(=O)NC2CC3CC3C2)n1. The minimum absolute atomic E-state index is 0.202. The molecule has 0 saturated heterocycles. The number of carbonyl (C=O) groups excluding carboxylic acids is 1. The Morgan fingerprint density at radius 2 is 1.95 bits per heavy atom. The second-order valence-corrected chi connectivity index (χ2v) is 6.11. The highest BCUT2D eigenvalue weighted by atomic mass is 16.2. The van der Waals surface area contributed by atoms with Crippen LogP contribution in [0.4, 0.5) is 16.6 Å². The molecule has 2 fully saturated rings. The van der Waals surface area contributed by atoms with Gasteiger partial charge in [0, 0.05) is 31.9 Å². The van der Waals surface area contributed by atoms with E-state index in [4.69, 9.17) is 0 Å². The van der Waals surface area contributed by atoms with Gasteiger partial charge in [-0.15, -0.1) is 0 Å². The Bertz CT molecular complexity index is 520. The largest absolute Gasteiger partial charge is 0.363 e. The molecule has 2 atom stereocenters. The topological polar surface area (TPSA) is 70.2 Å². The van der Waals surface area contributed by atoms with Gasteiger partial charge in [-0.1, -0.05) is 0 Å². The summed E-state index contributed by atoms with van der Waals surface area (Å²) in [4.78, 5) is 22.4. The van der Waals surface area contributed by atoms with E-state index < -0.39 is 0 Å². The maximum absolute atomic E-state index is 12.0. The summed E-state index contributed by atoms with van der Waals surface area (Å²) < 4.78 is 0. The van der Waals surface area contributed by atoms with E-state index in [1.165, 1.54) is 6.42 Å². The van der Waals surface area contributed by atoms with Gasteiger partial charge in [0.2, 0.25) is 5.95 Å². The van der Waals surface area contributed by atoms with E-state index in [9.17, 15) is 4.79 Å². The highest BCUT2D eigenvalue weighted by Gasteiger charge is 2.46. The average molecular weight is 275 g/mol. The zero-order valence-electron chi connectivity index (χ0n) is 12.2. The Morgan fingerprint density at radius 3 is 2.60 bits per heavy atom. The average Bonchev–Trinajstić information content (AvgIpc) is 2.95. The van der Waals surface area contributed by atoms with Crippen LogP contribution in [0.15, 0.2) is 6.07 Å². The quantitative estimate of drug-likeness (QED) is 0.882. The third kappa shape index (κ3) is 2.84. The molecular formula is C14H21N5O.